The Kier molecular flexibility index (Phi) is 13.5. The molecule has 59 heavy (non-hydrogen) atoms. The molecule has 3 fully saturated rings. The number of ether oxygens (including phenoxy) is 3. The number of hydrogen-bond donors (Lipinski definition) is 4. The Morgan fingerprint density at radius 3 is 1.97 bits per heavy atom. The number of rotatable bonds is 12. The Morgan fingerprint density at radius 2 is 1.39 bits per heavy atom. The summed E-state index contributed by atoms with van der Waals surface area (Å²) in [4.78, 5) is 45.1. The predicted molar refractivity (Wildman–Crippen MR) is 218 cm³/mol. The molecule has 302 valence electrons. The van der Waals surface area contributed by atoms with Crippen LogP contribution in [0.3, 0.4) is 0 Å². The summed E-state index contributed by atoms with van der Waals surface area (Å²) in [5.74, 6) is 2.02. The van der Waals surface area contributed by atoms with E-state index < -0.39 is 0 Å². The lowest BCUT2D eigenvalue weighted by molar-refractivity contribution is 0.0209. The molecule has 6 heterocycles. The van der Waals surface area contributed by atoms with Gasteiger partial charge >= 0.3 is 12.0 Å². The molecule has 19 heteroatoms. The number of halogens is 1. The van der Waals surface area contributed by atoms with Crippen molar-refractivity contribution >= 4 is 41.0 Å². The number of nitrogens with zero attached hydrogens (tertiary/aromatic N) is 10. The second kappa shape index (κ2) is 19.6. The fourth-order valence-electron chi connectivity index (χ4n) is 6.47. The highest BCUT2D eigenvalue weighted by atomic mass is 35.5. The maximum atomic E-state index is 13.7. The van der Waals surface area contributed by atoms with E-state index in [1.165, 1.54) is 19.5 Å². The molecule has 1 aromatic carbocycles. The van der Waals surface area contributed by atoms with Crippen LogP contribution in [-0.2, 0) is 16.0 Å². The van der Waals surface area contributed by atoms with E-state index in [-0.39, 0.29) is 35.5 Å². The fourth-order valence-corrected chi connectivity index (χ4v) is 6.60. The van der Waals surface area contributed by atoms with Gasteiger partial charge in [-0.15, -0.1) is 0 Å². The maximum Gasteiger partial charge on any atom is 0.323 e. The third kappa shape index (κ3) is 10.6. The van der Waals surface area contributed by atoms with Crippen molar-refractivity contribution in [3.63, 3.8) is 0 Å². The Labute approximate surface area is 345 Å². The molecule has 1 saturated carbocycles. The third-order valence-electron chi connectivity index (χ3n) is 9.79. The van der Waals surface area contributed by atoms with Crippen LogP contribution in [0.25, 0.3) is 11.1 Å². The number of pyridine rings is 1. The summed E-state index contributed by atoms with van der Waals surface area (Å²) in [6.45, 7) is 2.85. The van der Waals surface area contributed by atoms with Gasteiger partial charge in [0.05, 0.1) is 58.0 Å². The number of benzene rings is 1. The number of aromatic nitrogens is 7. The summed E-state index contributed by atoms with van der Waals surface area (Å²) in [5.41, 5.74) is 3.43. The van der Waals surface area contributed by atoms with Gasteiger partial charge in [0, 0.05) is 48.3 Å². The van der Waals surface area contributed by atoms with Gasteiger partial charge in [0.1, 0.15) is 40.7 Å². The average molecular weight is 817 g/mol. The van der Waals surface area contributed by atoms with E-state index in [4.69, 9.17) is 36.1 Å². The van der Waals surface area contributed by atoms with Crippen molar-refractivity contribution in [1.82, 2.24) is 40.2 Å². The number of urea groups is 1. The Bertz CT molecular complexity index is 2260. The zero-order chi connectivity index (χ0) is 41.0. The monoisotopic (exact) mass is 816 g/mol. The molecule has 18 nitrogen and oxygen atoms in total. The van der Waals surface area contributed by atoms with E-state index >= 15 is 0 Å². The highest BCUT2D eigenvalue weighted by molar-refractivity contribution is 6.28. The van der Waals surface area contributed by atoms with E-state index in [0.29, 0.717) is 73.5 Å². The molecular weight excluding hydrogens is 776 g/mol. The molecule has 3 aliphatic rings. The first kappa shape index (κ1) is 40.5. The van der Waals surface area contributed by atoms with Crippen LogP contribution < -0.4 is 30.9 Å². The Balaban J connectivity index is 0.000000317. The summed E-state index contributed by atoms with van der Waals surface area (Å²) in [6.07, 6.45) is 11.1. The van der Waals surface area contributed by atoms with E-state index in [2.05, 4.69) is 57.2 Å². The van der Waals surface area contributed by atoms with Gasteiger partial charge in [-0.3, -0.25) is 4.90 Å². The van der Waals surface area contributed by atoms with E-state index in [1.807, 2.05) is 48.5 Å². The van der Waals surface area contributed by atoms with Crippen molar-refractivity contribution in [2.24, 2.45) is 0 Å². The number of carbonyl (C=O) groups is 1. The van der Waals surface area contributed by atoms with Crippen LogP contribution in [-0.4, -0.2) is 98.6 Å². The molecule has 1 aliphatic carbocycles. The molecule has 2 aliphatic heterocycles. The second-order valence-electron chi connectivity index (χ2n) is 13.9. The molecule has 0 unspecified atom stereocenters. The SMILES string of the molecule is COc1ncc(-c2ccc(N(C(=O)NCc3ccccc3)C3CCC(Nc4ncc(C#N)c(NC5COC5)n4)CC3)nc2)cn1.N#Cc1cnc(Cl)nc1NC1COC1. The number of methoxy groups -OCH3 is 1. The van der Waals surface area contributed by atoms with Crippen molar-refractivity contribution in [2.75, 3.05) is 54.4 Å². The lowest BCUT2D eigenvalue weighted by Crippen LogP contribution is -2.49. The van der Waals surface area contributed by atoms with Crippen LogP contribution in [0.4, 0.5) is 28.2 Å². The smallest absolute Gasteiger partial charge is 0.323 e. The fraction of sp³-hybridized carbons (Fsp3) is 0.350. The summed E-state index contributed by atoms with van der Waals surface area (Å²) in [6, 6.07) is 18.3. The molecular formula is C40H41ClN14O4. The van der Waals surface area contributed by atoms with Crippen molar-refractivity contribution in [3.8, 4) is 29.3 Å². The van der Waals surface area contributed by atoms with Crippen molar-refractivity contribution in [3.05, 3.63) is 95.4 Å². The Hall–Kier alpha value is -6.73. The first-order valence-corrected chi connectivity index (χ1v) is 19.3. The van der Waals surface area contributed by atoms with Gasteiger partial charge in [-0.2, -0.15) is 20.5 Å². The molecule has 8 rings (SSSR count). The first-order valence-electron chi connectivity index (χ1n) is 19.0. The summed E-state index contributed by atoms with van der Waals surface area (Å²) in [7, 11) is 1.52. The maximum absolute atomic E-state index is 13.7. The number of nitriles is 2. The predicted octanol–water partition coefficient (Wildman–Crippen LogP) is 4.97. The summed E-state index contributed by atoms with van der Waals surface area (Å²) in [5, 5.41) is 31.2. The molecule has 4 aromatic heterocycles. The minimum absolute atomic E-state index is 0.0563. The van der Waals surface area contributed by atoms with Crippen LogP contribution >= 0.6 is 11.6 Å². The standard InChI is InChI=1S/C32H34N10O3.C8H7ClN4O/c1-44-31-36-17-24(18-37-31)22-7-12-28(34-15-22)42(32(43)38-14-21-5-3-2-4-6-21)27-10-8-25(9-11-27)40-30-35-16-23(13-33)29(41-30)39-26-19-45-20-26;9-8-11-2-5(1-10)7(13-8)12-6-3-14-4-6/h2-7,12,15-18,25-27H,8-11,14,19-20H2,1H3,(H,38,43)(H2,35,39,40,41);2,6H,3-4H2,(H,11,12,13). The first-order chi connectivity index (χ1) is 28.9. The largest absolute Gasteiger partial charge is 0.467 e. The molecule has 5 aromatic rings. The summed E-state index contributed by atoms with van der Waals surface area (Å²) >= 11 is 5.62. The molecule has 0 spiro atoms. The number of amides is 2. The van der Waals surface area contributed by atoms with Crippen molar-refractivity contribution < 1.29 is 19.0 Å². The highest BCUT2D eigenvalue weighted by Gasteiger charge is 2.31. The van der Waals surface area contributed by atoms with Crippen LogP contribution in [0.15, 0.2) is 73.4 Å². The van der Waals surface area contributed by atoms with Gasteiger partial charge < -0.3 is 35.5 Å². The van der Waals surface area contributed by atoms with E-state index in [1.54, 1.807) is 23.5 Å². The van der Waals surface area contributed by atoms with Crippen molar-refractivity contribution in [2.45, 2.75) is 56.4 Å². The highest BCUT2D eigenvalue weighted by Crippen LogP contribution is 2.30. The Morgan fingerprint density at radius 1 is 0.763 bits per heavy atom. The van der Waals surface area contributed by atoms with Gasteiger partial charge in [0.25, 0.3) is 0 Å². The molecule has 2 amide bonds. The van der Waals surface area contributed by atoms with Gasteiger partial charge in [-0.25, -0.2) is 29.7 Å². The minimum Gasteiger partial charge on any atom is -0.467 e. The molecule has 2 saturated heterocycles. The van der Waals surface area contributed by atoms with Crippen LogP contribution in [0.1, 0.15) is 42.4 Å². The van der Waals surface area contributed by atoms with E-state index in [9.17, 15) is 10.1 Å². The lowest BCUT2D eigenvalue weighted by atomic mass is 9.90. The minimum atomic E-state index is -0.200. The van der Waals surface area contributed by atoms with E-state index in [0.717, 1.165) is 42.4 Å². The number of carbonyl (C=O) groups excluding carboxylic acids is 1. The lowest BCUT2D eigenvalue weighted by Gasteiger charge is -2.36. The second-order valence-corrected chi connectivity index (χ2v) is 14.2. The molecule has 0 bridgehead atoms. The molecule has 0 radical (unpaired) electrons. The van der Waals surface area contributed by atoms with Gasteiger partial charge in [0.15, 0.2) is 0 Å². The third-order valence-corrected chi connectivity index (χ3v) is 9.97. The van der Waals surface area contributed by atoms with Crippen molar-refractivity contribution in [1.29, 1.82) is 10.5 Å². The molecule has 0 atom stereocenters. The zero-order valence-corrected chi connectivity index (χ0v) is 32.8. The van der Waals surface area contributed by atoms with Crippen LogP contribution in [0, 0.1) is 22.7 Å². The summed E-state index contributed by atoms with van der Waals surface area (Å²) < 4.78 is 15.3. The number of anilines is 4. The van der Waals surface area contributed by atoms with Gasteiger partial charge in [0.2, 0.25) is 11.2 Å². The average Bonchev–Trinajstić information content (AvgIpc) is 3.24. The quantitative estimate of drug-likeness (QED) is 0.122. The van der Waals surface area contributed by atoms with Crippen LogP contribution in [0.5, 0.6) is 6.01 Å². The molecule has 4 N–H and O–H groups in total. The number of nitrogens with one attached hydrogen (secondary N) is 4. The van der Waals surface area contributed by atoms with Gasteiger partial charge in [-0.05, 0) is 55.0 Å². The van der Waals surface area contributed by atoms with Crippen LogP contribution in [0.2, 0.25) is 5.28 Å². The van der Waals surface area contributed by atoms with Gasteiger partial charge in [-0.1, -0.05) is 30.3 Å². The number of hydrogen-bond acceptors (Lipinski definition) is 16. The normalized spacial score (nSPS) is 17.3. The topological polar surface area (TPSA) is 234 Å². The zero-order valence-electron chi connectivity index (χ0n) is 32.1.